The summed E-state index contributed by atoms with van der Waals surface area (Å²) in [4.78, 5) is 14.7. The molecule has 2 fully saturated rings. The highest BCUT2D eigenvalue weighted by atomic mass is 127. The Balaban J connectivity index is 0.00000341. The van der Waals surface area contributed by atoms with Crippen molar-refractivity contribution < 1.29 is 0 Å². The molecule has 0 aromatic heterocycles. The van der Waals surface area contributed by atoms with Gasteiger partial charge >= 0.3 is 0 Å². The Morgan fingerprint density at radius 1 is 1.00 bits per heavy atom. The molecular weight excluding hydrogens is 499 g/mol. The number of hydrogen-bond acceptors (Lipinski definition) is 4. The van der Waals surface area contributed by atoms with Crippen LogP contribution in [-0.2, 0) is 0 Å². The Hall–Kier alpha value is -1.06. The first-order chi connectivity index (χ1) is 14.5. The van der Waals surface area contributed by atoms with Gasteiger partial charge in [-0.2, -0.15) is 0 Å². The predicted molar refractivity (Wildman–Crippen MR) is 144 cm³/mol. The minimum absolute atomic E-state index is 0. The van der Waals surface area contributed by atoms with Crippen LogP contribution in [0, 0.1) is 19.8 Å². The lowest BCUT2D eigenvalue weighted by Gasteiger charge is -2.39. The third-order valence-corrected chi connectivity index (χ3v) is 6.80. The van der Waals surface area contributed by atoms with E-state index in [2.05, 4.69) is 75.8 Å². The van der Waals surface area contributed by atoms with Gasteiger partial charge in [-0.3, -0.25) is 4.99 Å². The monoisotopic (exact) mass is 542 g/mol. The fourth-order valence-corrected chi connectivity index (χ4v) is 4.63. The molecule has 0 saturated carbocycles. The summed E-state index contributed by atoms with van der Waals surface area (Å²) in [5.74, 6) is 1.67. The predicted octanol–water partition coefficient (Wildman–Crippen LogP) is 2.89. The third kappa shape index (κ3) is 7.22. The van der Waals surface area contributed by atoms with E-state index in [4.69, 9.17) is 0 Å². The van der Waals surface area contributed by atoms with Gasteiger partial charge in [0.25, 0.3) is 0 Å². The van der Waals surface area contributed by atoms with Gasteiger partial charge in [0.15, 0.2) is 5.96 Å². The number of hydrogen-bond donors (Lipinski definition) is 1. The van der Waals surface area contributed by atoms with Crippen LogP contribution in [0.3, 0.4) is 0 Å². The summed E-state index contributed by atoms with van der Waals surface area (Å²) in [6.45, 7) is 21.3. The summed E-state index contributed by atoms with van der Waals surface area (Å²) < 4.78 is 0. The number of aliphatic imine (C=N–C) groups is 1. The van der Waals surface area contributed by atoms with Gasteiger partial charge in [0, 0.05) is 78.2 Å². The maximum atomic E-state index is 4.57. The van der Waals surface area contributed by atoms with Crippen molar-refractivity contribution in [3.63, 3.8) is 0 Å². The molecule has 0 radical (unpaired) electrons. The van der Waals surface area contributed by atoms with Gasteiger partial charge in [0.1, 0.15) is 0 Å². The zero-order valence-corrected chi connectivity index (χ0v) is 22.6. The molecule has 31 heavy (non-hydrogen) atoms. The number of likely N-dealkylation sites (N-methyl/N-ethyl adjacent to an activating group) is 1. The molecule has 1 aromatic carbocycles. The summed E-state index contributed by atoms with van der Waals surface area (Å²) in [7, 11) is 1.91. The molecule has 0 amide bonds. The fourth-order valence-electron chi connectivity index (χ4n) is 4.63. The first-order valence-electron chi connectivity index (χ1n) is 11.7. The second kappa shape index (κ2) is 12.8. The van der Waals surface area contributed by atoms with Crippen LogP contribution in [-0.4, -0.2) is 99.7 Å². The lowest BCUT2D eigenvalue weighted by molar-refractivity contribution is 0.124. The Bertz CT molecular complexity index is 693. The van der Waals surface area contributed by atoms with Crippen LogP contribution in [0.2, 0.25) is 0 Å². The van der Waals surface area contributed by atoms with E-state index in [1.807, 2.05) is 7.05 Å². The van der Waals surface area contributed by atoms with Crippen LogP contribution < -0.4 is 10.2 Å². The average molecular weight is 543 g/mol. The average Bonchev–Trinajstić information content (AvgIpc) is 2.77. The number of anilines is 1. The SMILES string of the molecule is CCN1CCN(CC(C)CNC(=NC)N2CCN(c3cccc(C)c3C)CC2)CC1.I. The van der Waals surface area contributed by atoms with Crippen LogP contribution in [0.15, 0.2) is 23.2 Å². The highest BCUT2D eigenvalue weighted by molar-refractivity contribution is 14.0. The van der Waals surface area contributed by atoms with E-state index in [1.54, 1.807) is 0 Å². The second-order valence-electron chi connectivity index (χ2n) is 8.96. The van der Waals surface area contributed by atoms with Gasteiger partial charge in [-0.1, -0.05) is 26.0 Å². The smallest absolute Gasteiger partial charge is 0.193 e. The first kappa shape index (κ1) is 26.2. The van der Waals surface area contributed by atoms with Crippen molar-refractivity contribution >= 4 is 35.6 Å². The Morgan fingerprint density at radius 3 is 2.26 bits per heavy atom. The highest BCUT2D eigenvalue weighted by Gasteiger charge is 2.22. The molecule has 1 unspecified atom stereocenters. The number of aryl methyl sites for hydroxylation is 1. The summed E-state index contributed by atoms with van der Waals surface area (Å²) in [5.41, 5.74) is 4.16. The standard InChI is InChI=1S/C24H42N6.HI/c1-6-27-10-12-28(13-11-27)19-20(2)18-26-24(25-5)30-16-14-29(15-17-30)23-9-7-8-21(3)22(23)4;/h7-9,20H,6,10-19H2,1-5H3,(H,25,26);1H. The maximum absolute atomic E-state index is 4.57. The van der Waals surface area contributed by atoms with Crippen LogP contribution in [0.25, 0.3) is 0 Å². The van der Waals surface area contributed by atoms with E-state index in [1.165, 1.54) is 56.1 Å². The molecule has 7 heteroatoms. The summed E-state index contributed by atoms with van der Waals surface area (Å²) >= 11 is 0. The highest BCUT2D eigenvalue weighted by Crippen LogP contribution is 2.23. The van der Waals surface area contributed by atoms with Crippen LogP contribution in [0.1, 0.15) is 25.0 Å². The molecule has 0 bridgehead atoms. The van der Waals surface area contributed by atoms with Crippen LogP contribution in [0.4, 0.5) is 5.69 Å². The molecule has 176 valence electrons. The van der Waals surface area contributed by atoms with Gasteiger partial charge in [-0.05, 0) is 43.5 Å². The Kier molecular flexibility index (Phi) is 10.9. The van der Waals surface area contributed by atoms with E-state index in [-0.39, 0.29) is 24.0 Å². The van der Waals surface area contributed by atoms with E-state index in [9.17, 15) is 0 Å². The summed E-state index contributed by atoms with van der Waals surface area (Å²) in [6.07, 6.45) is 0. The number of rotatable bonds is 6. The molecular formula is C24H43IN6. The lowest BCUT2D eigenvalue weighted by Crippen LogP contribution is -2.53. The molecule has 0 spiro atoms. The number of benzene rings is 1. The van der Waals surface area contributed by atoms with Crippen molar-refractivity contribution in [3.8, 4) is 0 Å². The third-order valence-electron chi connectivity index (χ3n) is 6.80. The normalized spacial score (nSPS) is 19.8. The molecule has 0 aliphatic carbocycles. The van der Waals surface area contributed by atoms with Gasteiger partial charge in [-0.25, -0.2) is 0 Å². The molecule has 1 N–H and O–H groups in total. The van der Waals surface area contributed by atoms with E-state index in [0.29, 0.717) is 5.92 Å². The quantitative estimate of drug-likeness (QED) is 0.340. The van der Waals surface area contributed by atoms with Crippen molar-refractivity contribution in [2.75, 3.05) is 83.9 Å². The number of nitrogens with one attached hydrogen (secondary N) is 1. The zero-order valence-electron chi connectivity index (χ0n) is 20.2. The number of guanidine groups is 1. The van der Waals surface area contributed by atoms with Crippen LogP contribution >= 0.6 is 24.0 Å². The lowest BCUT2D eigenvalue weighted by atomic mass is 10.1. The molecule has 2 saturated heterocycles. The molecule has 2 aliphatic rings. The summed E-state index contributed by atoms with van der Waals surface area (Å²) in [6, 6.07) is 6.63. The number of nitrogens with zero attached hydrogens (tertiary/aromatic N) is 5. The van der Waals surface area contributed by atoms with Crippen molar-refractivity contribution in [2.45, 2.75) is 27.7 Å². The molecule has 2 aliphatic heterocycles. The van der Waals surface area contributed by atoms with Crippen molar-refractivity contribution in [3.05, 3.63) is 29.3 Å². The molecule has 3 rings (SSSR count). The van der Waals surface area contributed by atoms with Crippen molar-refractivity contribution in [2.24, 2.45) is 10.9 Å². The minimum Gasteiger partial charge on any atom is -0.368 e. The van der Waals surface area contributed by atoms with Crippen molar-refractivity contribution in [1.82, 2.24) is 20.0 Å². The topological polar surface area (TPSA) is 37.4 Å². The number of halogens is 1. The molecule has 1 atom stereocenters. The molecule has 2 heterocycles. The maximum Gasteiger partial charge on any atom is 0.193 e. The second-order valence-corrected chi connectivity index (χ2v) is 8.96. The van der Waals surface area contributed by atoms with Gasteiger partial charge in [0.05, 0.1) is 0 Å². The summed E-state index contributed by atoms with van der Waals surface area (Å²) in [5, 5.41) is 3.64. The number of piperazine rings is 2. The van der Waals surface area contributed by atoms with E-state index in [0.717, 1.165) is 38.7 Å². The van der Waals surface area contributed by atoms with E-state index >= 15 is 0 Å². The van der Waals surface area contributed by atoms with Gasteiger partial charge < -0.3 is 24.9 Å². The van der Waals surface area contributed by atoms with Gasteiger partial charge in [0.2, 0.25) is 0 Å². The minimum atomic E-state index is 0. The van der Waals surface area contributed by atoms with Gasteiger partial charge in [-0.15, -0.1) is 24.0 Å². The van der Waals surface area contributed by atoms with Crippen LogP contribution in [0.5, 0.6) is 0 Å². The zero-order chi connectivity index (χ0) is 21.5. The molecule has 6 nitrogen and oxygen atoms in total. The Labute approximate surface area is 207 Å². The first-order valence-corrected chi connectivity index (χ1v) is 11.7. The van der Waals surface area contributed by atoms with Crippen molar-refractivity contribution in [1.29, 1.82) is 0 Å². The van der Waals surface area contributed by atoms with E-state index < -0.39 is 0 Å². The largest absolute Gasteiger partial charge is 0.368 e. The molecule has 1 aromatic rings. The fraction of sp³-hybridized carbons (Fsp3) is 0.708. The Morgan fingerprint density at radius 2 is 1.65 bits per heavy atom.